The Labute approximate surface area is 183 Å². The van der Waals surface area contributed by atoms with Crippen molar-refractivity contribution in [1.82, 2.24) is 5.43 Å². The molecule has 1 saturated carbocycles. The van der Waals surface area contributed by atoms with Gasteiger partial charge in [0, 0.05) is 19.8 Å². The number of Topliss-reactive ketones (excluding diaryl/α,β-unsaturated/α-hetero) is 1. The van der Waals surface area contributed by atoms with Crippen LogP contribution in [0, 0.1) is 0 Å². The minimum absolute atomic E-state index is 0.00233. The van der Waals surface area contributed by atoms with Crippen LogP contribution in [0.5, 0.6) is 0 Å². The van der Waals surface area contributed by atoms with E-state index in [1.807, 2.05) is 61.5 Å². The van der Waals surface area contributed by atoms with E-state index in [1.54, 1.807) is 0 Å². The van der Waals surface area contributed by atoms with Crippen molar-refractivity contribution in [1.29, 1.82) is 0 Å². The van der Waals surface area contributed by atoms with Crippen molar-refractivity contribution in [2.75, 3.05) is 19.0 Å². The second kappa shape index (κ2) is 8.84. The first-order chi connectivity index (χ1) is 15.0. The van der Waals surface area contributed by atoms with E-state index in [-0.39, 0.29) is 12.0 Å². The number of anilines is 1. The van der Waals surface area contributed by atoms with E-state index in [9.17, 15) is 9.59 Å². The summed E-state index contributed by atoms with van der Waals surface area (Å²) in [6, 6.07) is 15.8. The number of carbonyl (C=O) groups excluding carboxylic acids is 2. The van der Waals surface area contributed by atoms with Gasteiger partial charge in [0.2, 0.25) is 5.78 Å². The normalized spacial score (nSPS) is 16.8. The van der Waals surface area contributed by atoms with E-state index in [2.05, 4.69) is 16.6 Å². The monoisotopic (exact) mass is 416 g/mol. The molecular formula is C25H28N4O2. The number of nitrogens with zero attached hydrogens (tertiary/aromatic N) is 3. The van der Waals surface area contributed by atoms with E-state index in [0.717, 1.165) is 54.6 Å². The van der Waals surface area contributed by atoms with Gasteiger partial charge in [-0.1, -0.05) is 49.2 Å². The molecule has 0 unspecified atom stereocenters. The van der Waals surface area contributed by atoms with Crippen LogP contribution in [0.3, 0.4) is 0 Å². The molecule has 160 valence electrons. The molecule has 1 aliphatic heterocycles. The fourth-order valence-electron chi connectivity index (χ4n) is 4.47. The van der Waals surface area contributed by atoms with Gasteiger partial charge in [0.25, 0.3) is 0 Å². The van der Waals surface area contributed by atoms with Gasteiger partial charge in [0.15, 0.2) is 0 Å². The molecule has 1 heterocycles. The van der Waals surface area contributed by atoms with Gasteiger partial charge in [0.05, 0.1) is 23.9 Å². The smallest absolute Gasteiger partial charge is 0.307 e. The molecule has 6 nitrogen and oxygen atoms in total. The summed E-state index contributed by atoms with van der Waals surface area (Å²) in [6.07, 6.45) is 6.87. The van der Waals surface area contributed by atoms with Crippen LogP contribution in [0.25, 0.3) is 0 Å². The van der Waals surface area contributed by atoms with Gasteiger partial charge in [-0.3, -0.25) is 14.6 Å². The Morgan fingerprint density at radius 2 is 1.81 bits per heavy atom. The number of fused-ring (bicyclic) bond motifs is 1. The lowest BCUT2D eigenvalue weighted by molar-refractivity contribution is -0.137. The Morgan fingerprint density at radius 1 is 1.10 bits per heavy atom. The Kier molecular flexibility index (Phi) is 5.98. The minimum Gasteiger partial charge on any atom is -0.378 e. The molecule has 6 heteroatoms. The molecule has 0 bridgehead atoms. The van der Waals surface area contributed by atoms with Gasteiger partial charge >= 0.3 is 5.91 Å². The summed E-state index contributed by atoms with van der Waals surface area (Å²) in [5.41, 5.74) is 7.12. The summed E-state index contributed by atoms with van der Waals surface area (Å²) >= 11 is 0. The number of carbonyl (C=O) groups is 2. The summed E-state index contributed by atoms with van der Waals surface area (Å²) in [6.45, 7) is 0. The van der Waals surface area contributed by atoms with Gasteiger partial charge in [-0.25, -0.2) is 5.43 Å². The van der Waals surface area contributed by atoms with E-state index in [0.29, 0.717) is 0 Å². The summed E-state index contributed by atoms with van der Waals surface area (Å²) in [5.74, 6) is -1.24. The van der Waals surface area contributed by atoms with Crippen LogP contribution in [0.1, 0.15) is 48.8 Å². The number of nitrogens with one attached hydrogen (secondary N) is 1. The maximum Gasteiger partial charge on any atom is 0.307 e. The lowest BCUT2D eigenvalue weighted by atomic mass is 9.82. The molecule has 31 heavy (non-hydrogen) atoms. The average molecular weight is 417 g/mol. The van der Waals surface area contributed by atoms with Gasteiger partial charge < -0.3 is 4.90 Å². The molecule has 4 rings (SSSR count). The highest BCUT2D eigenvalue weighted by molar-refractivity contribution is 6.40. The zero-order chi connectivity index (χ0) is 21.8. The van der Waals surface area contributed by atoms with Crippen molar-refractivity contribution in [3.8, 4) is 0 Å². The highest BCUT2D eigenvalue weighted by Gasteiger charge is 2.38. The quantitative estimate of drug-likeness (QED) is 0.445. The Hall–Kier alpha value is -3.28. The summed E-state index contributed by atoms with van der Waals surface area (Å²) in [5, 5.41) is 3.95. The molecular weight excluding hydrogens is 388 g/mol. The number of benzene rings is 2. The molecule has 1 amide bonds. The molecule has 2 aromatic carbocycles. The van der Waals surface area contributed by atoms with Gasteiger partial charge in [0.1, 0.15) is 0 Å². The van der Waals surface area contributed by atoms with Crippen molar-refractivity contribution in [2.45, 2.75) is 44.1 Å². The van der Waals surface area contributed by atoms with E-state index in [4.69, 9.17) is 4.99 Å². The predicted octanol–water partition coefficient (Wildman–Crippen LogP) is 3.52. The molecule has 1 spiro atoms. The van der Waals surface area contributed by atoms with Crippen LogP contribution in [0.15, 0.2) is 58.6 Å². The molecule has 0 aromatic heterocycles. The fourth-order valence-corrected chi connectivity index (χ4v) is 4.47. The lowest BCUT2D eigenvalue weighted by Crippen LogP contribution is -2.35. The first-order valence-corrected chi connectivity index (χ1v) is 10.8. The standard InChI is InChI=1S/C25H28N4O2/c1-29(2)20-11-9-18(10-12-20)17-26-28-24(31)23(30)15-22-21-8-4-3-7-19(21)16-25(27-22)13-5-6-14-25/h3-4,7-12,17H,5-6,13-16H2,1-2H3,(H,28,31)/b26-17+. The van der Waals surface area contributed by atoms with E-state index in [1.165, 1.54) is 11.8 Å². The van der Waals surface area contributed by atoms with Crippen molar-refractivity contribution >= 4 is 29.3 Å². The lowest BCUT2D eigenvalue weighted by Gasteiger charge is -2.32. The molecule has 1 aliphatic carbocycles. The second-order valence-corrected chi connectivity index (χ2v) is 8.61. The van der Waals surface area contributed by atoms with Crippen LogP contribution < -0.4 is 10.3 Å². The Balaban J connectivity index is 1.42. The van der Waals surface area contributed by atoms with Crippen LogP contribution >= 0.6 is 0 Å². The zero-order valence-corrected chi connectivity index (χ0v) is 18.1. The Morgan fingerprint density at radius 3 is 2.52 bits per heavy atom. The molecule has 0 saturated heterocycles. The molecule has 0 atom stereocenters. The molecule has 1 N–H and O–H groups in total. The van der Waals surface area contributed by atoms with Crippen molar-refractivity contribution < 1.29 is 9.59 Å². The summed E-state index contributed by atoms with van der Waals surface area (Å²) in [4.78, 5) is 32.0. The van der Waals surface area contributed by atoms with Gasteiger partial charge in [-0.05, 0) is 48.1 Å². The average Bonchev–Trinajstić information content (AvgIpc) is 3.21. The van der Waals surface area contributed by atoms with Crippen molar-refractivity contribution in [2.24, 2.45) is 10.1 Å². The number of rotatable bonds is 6. The summed E-state index contributed by atoms with van der Waals surface area (Å²) < 4.78 is 0. The zero-order valence-electron chi connectivity index (χ0n) is 18.1. The van der Waals surface area contributed by atoms with Crippen molar-refractivity contribution in [3.63, 3.8) is 0 Å². The highest BCUT2D eigenvalue weighted by atomic mass is 16.2. The third-order valence-corrected chi connectivity index (χ3v) is 6.12. The molecule has 2 aromatic rings. The largest absolute Gasteiger partial charge is 0.378 e. The predicted molar refractivity (Wildman–Crippen MR) is 124 cm³/mol. The number of ketones is 1. The SMILES string of the molecule is CN(C)c1ccc(/C=N/NC(=O)C(=O)CC2=NC3(CCCC3)Cc3ccccc32)cc1. The van der Waals surface area contributed by atoms with Crippen LogP contribution in [0.2, 0.25) is 0 Å². The first-order valence-electron chi connectivity index (χ1n) is 10.8. The highest BCUT2D eigenvalue weighted by Crippen LogP contribution is 2.40. The summed E-state index contributed by atoms with van der Waals surface area (Å²) in [7, 11) is 3.94. The number of hydrogen-bond acceptors (Lipinski definition) is 5. The second-order valence-electron chi connectivity index (χ2n) is 8.61. The maximum absolute atomic E-state index is 12.6. The molecule has 0 radical (unpaired) electrons. The van der Waals surface area contributed by atoms with Crippen LogP contribution in [-0.2, 0) is 16.0 Å². The topological polar surface area (TPSA) is 74.1 Å². The van der Waals surface area contributed by atoms with Crippen LogP contribution in [-0.4, -0.2) is 43.3 Å². The molecule has 2 aliphatic rings. The van der Waals surface area contributed by atoms with Crippen LogP contribution in [0.4, 0.5) is 5.69 Å². The third-order valence-electron chi connectivity index (χ3n) is 6.12. The van der Waals surface area contributed by atoms with Crippen molar-refractivity contribution in [3.05, 3.63) is 65.2 Å². The number of aliphatic imine (C=N–C) groups is 1. The van der Waals surface area contributed by atoms with E-state index >= 15 is 0 Å². The number of amides is 1. The number of hydrazone groups is 1. The Bertz CT molecular complexity index is 1030. The maximum atomic E-state index is 12.6. The third kappa shape index (κ3) is 4.74. The number of hydrogen-bond donors (Lipinski definition) is 1. The minimum atomic E-state index is -0.715. The first kappa shape index (κ1) is 21.0. The van der Waals surface area contributed by atoms with Gasteiger partial charge in [-0.2, -0.15) is 5.10 Å². The molecule has 1 fully saturated rings. The van der Waals surface area contributed by atoms with E-state index < -0.39 is 11.7 Å². The van der Waals surface area contributed by atoms with Gasteiger partial charge in [-0.15, -0.1) is 0 Å². The fraction of sp³-hybridized carbons (Fsp3) is 0.360.